The van der Waals surface area contributed by atoms with Gasteiger partial charge in [-0.05, 0) is 0 Å². The van der Waals surface area contributed by atoms with Gasteiger partial charge in [0, 0.05) is 0 Å². The quantitative estimate of drug-likeness (QED) is 0.190. The average Bonchev–Trinajstić information content (AvgIpc) is 2.64. The topological polar surface area (TPSA) is 20.2 Å². The van der Waals surface area contributed by atoms with E-state index in [1.165, 1.54) is 51.8 Å². The molecular weight excluding hydrogens is 423 g/mol. The molecule has 0 saturated heterocycles. The Kier molecular flexibility index (Phi) is 16.0. The Morgan fingerprint density at radius 2 is 1.23 bits per heavy atom. The zero-order valence-electron chi connectivity index (χ0n) is 18.6. The fraction of sp³-hybridized carbons (Fsp3) is 0.750. The molecule has 1 atom stereocenters. The molecule has 0 aliphatic heterocycles. The molecule has 0 bridgehead atoms. The van der Waals surface area contributed by atoms with E-state index >= 15 is 0 Å². The summed E-state index contributed by atoms with van der Waals surface area (Å²) < 4.78 is 6.36. The summed E-state index contributed by atoms with van der Waals surface area (Å²) in [5, 5.41) is 10.0. The van der Waals surface area contributed by atoms with Crippen LogP contribution in [0, 0.1) is 0 Å². The summed E-state index contributed by atoms with van der Waals surface area (Å²) in [6.45, 7) is 13.6. The summed E-state index contributed by atoms with van der Waals surface area (Å²) in [6, 6.07) is 0. The predicted octanol–water partition coefficient (Wildman–Crippen LogP) is 7.98. The summed E-state index contributed by atoms with van der Waals surface area (Å²) in [7, 11) is 0. The Morgan fingerprint density at radius 3 is 1.65 bits per heavy atom. The van der Waals surface area contributed by atoms with Crippen molar-refractivity contribution in [3.05, 3.63) is 33.5 Å². The minimum atomic E-state index is -2.21. The van der Waals surface area contributed by atoms with Crippen molar-refractivity contribution in [1.82, 2.24) is 0 Å². The fourth-order valence-electron chi connectivity index (χ4n) is 3.71. The number of aliphatic hydroxyl groups is 1. The summed E-state index contributed by atoms with van der Waals surface area (Å²) in [5.41, 5.74) is 1.08. The van der Waals surface area contributed by atoms with Gasteiger partial charge in [-0.1, -0.05) is 0 Å². The molecule has 2 heteroatoms. The molecule has 0 amide bonds. The number of hydrogen-bond acceptors (Lipinski definition) is 1. The first kappa shape index (κ1) is 26.0. The Labute approximate surface area is 168 Å². The van der Waals surface area contributed by atoms with Crippen LogP contribution in [0.25, 0.3) is 0 Å². The van der Waals surface area contributed by atoms with Gasteiger partial charge in [0.25, 0.3) is 0 Å². The van der Waals surface area contributed by atoms with E-state index in [1.807, 2.05) is 6.92 Å². The molecule has 1 unspecified atom stereocenters. The van der Waals surface area contributed by atoms with Crippen LogP contribution in [0.1, 0.15) is 92.9 Å². The number of aliphatic hydroxyl groups excluding tert-OH is 1. The molecule has 152 valence electrons. The third kappa shape index (κ3) is 10.3. The SMILES string of the molecule is CCC[CH2][Sn]([CH2]CCC)([CH2]CCC)/[C](C)=C/C=C/C=C(\C)C(O)CCC. The van der Waals surface area contributed by atoms with Crippen LogP contribution in [-0.2, 0) is 0 Å². The molecule has 0 spiro atoms. The van der Waals surface area contributed by atoms with Crippen molar-refractivity contribution in [2.45, 2.75) is 112 Å². The van der Waals surface area contributed by atoms with Crippen molar-refractivity contribution in [2.24, 2.45) is 0 Å². The van der Waals surface area contributed by atoms with Gasteiger partial charge in [-0.25, -0.2) is 0 Å². The Bertz CT molecular complexity index is 412. The molecule has 0 fully saturated rings. The fourth-order valence-corrected chi connectivity index (χ4v) is 19.3. The maximum absolute atomic E-state index is 10.0. The zero-order chi connectivity index (χ0) is 19.8. The second kappa shape index (κ2) is 16.0. The standard InChI is InChI=1S/C12H19O.3C4H9.Sn/c1-4-6-7-8-10-11(3)12(13)9-5-2;3*1-3-4-2;/h6-8,10,12-13H,5,9H2,1-3H3;3*1,3-4H2,2H3;/b6-4?,8-7+,11-10+;;;;. The van der Waals surface area contributed by atoms with Gasteiger partial charge in [-0.3, -0.25) is 0 Å². The van der Waals surface area contributed by atoms with Crippen LogP contribution in [0.3, 0.4) is 0 Å². The summed E-state index contributed by atoms with van der Waals surface area (Å²) in [5.74, 6) is 0. The average molecular weight is 469 g/mol. The summed E-state index contributed by atoms with van der Waals surface area (Å²) in [6.07, 6.45) is 18.7. The van der Waals surface area contributed by atoms with E-state index in [-0.39, 0.29) is 6.10 Å². The number of rotatable bonds is 15. The van der Waals surface area contributed by atoms with Crippen LogP contribution >= 0.6 is 0 Å². The van der Waals surface area contributed by atoms with Crippen molar-refractivity contribution in [3.8, 4) is 0 Å². The normalized spacial score (nSPS) is 15.0. The van der Waals surface area contributed by atoms with E-state index in [4.69, 9.17) is 0 Å². The third-order valence-corrected chi connectivity index (χ3v) is 22.2. The van der Waals surface area contributed by atoms with Gasteiger partial charge in [0.1, 0.15) is 0 Å². The first-order chi connectivity index (χ1) is 12.5. The van der Waals surface area contributed by atoms with Crippen LogP contribution in [-0.4, -0.2) is 29.6 Å². The third-order valence-electron chi connectivity index (χ3n) is 5.77. The first-order valence-corrected chi connectivity index (χ1v) is 18.7. The van der Waals surface area contributed by atoms with Gasteiger partial charge in [0.2, 0.25) is 0 Å². The van der Waals surface area contributed by atoms with Crippen LogP contribution in [0.4, 0.5) is 0 Å². The molecule has 0 aliphatic rings. The van der Waals surface area contributed by atoms with Crippen molar-refractivity contribution in [2.75, 3.05) is 0 Å². The van der Waals surface area contributed by atoms with E-state index in [2.05, 4.69) is 58.9 Å². The van der Waals surface area contributed by atoms with Crippen molar-refractivity contribution >= 4 is 18.4 Å². The Morgan fingerprint density at radius 1 is 0.769 bits per heavy atom. The second-order valence-electron chi connectivity index (χ2n) is 8.04. The Balaban J connectivity index is 5.26. The summed E-state index contributed by atoms with van der Waals surface area (Å²) >= 11 is -2.21. The molecule has 0 aromatic carbocycles. The number of allylic oxidation sites excluding steroid dienone is 5. The van der Waals surface area contributed by atoms with Crippen LogP contribution in [0.5, 0.6) is 0 Å². The molecule has 0 aromatic rings. The predicted molar refractivity (Wildman–Crippen MR) is 122 cm³/mol. The van der Waals surface area contributed by atoms with Gasteiger partial charge in [0.05, 0.1) is 0 Å². The van der Waals surface area contributed by atoms with Gasteiger partial charge in [-0.15, -0.1) is 0 Å². The molecular formula is C24H46OSn. The second-order valence-corrected chi connectivity index (χ2v) is 21.9. The molecule has 0 aromatic heterocycles. The zero-order valence-corrected chi connectivity index (χ0v) is 21.5. The van der Waals surface area contributed by atoms with E-state index in [9.17, 15) is 5.11 Å². The molecule has 0 aliphatic carbocycles. The monoisotopic (exact) mass is 470 g/mol. The van der Waals surface area contributed by atoms with E-state index in [0.717, 1.165) is 18.4 Å². The molecule has 1 N–H and O–H groups in total. The van der Waals surface area contributed by atoms with E-state index < -0.39 is 18.4 Å². The van der Waals surface area contributed by atoms with E-state index in [0.29, 0.717) is 0 Å². The van der Waals surface area contributed by atoms with Gasteiger partial charge < -0.3 is 0 Å². The molecule has 0 heterocycles. The first-order valence-electron chi connectivity index (χ1n) is 11.2. The maximum atomic E-state index is 10.0. The molecule has 0 radical (unpaired) electrons. The Hall–Kier alpha value is -0.0213. The van der Waals surface area contributed by atoms with Crippen molar-refractivity contribution in [3.63, 3.8) is 0 Å². The van der Waals surface area contributed by atoms with Crippen molar-refractivity contribution in [1.29, 1.82) is 0 Å². The van der Waals surface area contributed by atoms with Crippen molar-refractivity contribution < 1.29 is 5.11 Å². The van der Waals surface area contributed by atoms with Crippen LogP contribution < -0.4 is 0 Å². The molecule has 1 nitrogen and oxygen atoms in total. The van der Waals surface area contributed by atoms with Crippen LogP contribution in [0.2, 0.25) is 13.3 Å². The molecule has 0 rings (SSSR count). The summed E-state index contributed by atoms with van der Waals surface area (Å²) in [4.78, 5) is 0. The van der Waals surface area contributed by atoms with Gasteiger partial charge in [-0.2, -0.15) is 0 Å². The minimum absolute atomic E-state index is 0.286. The van der Waals surface area contributed by atoms with Gasteiger partial charge >= 0.3 is 169 Å². The van der Waals surface area contributed by atoms with E-state index in [1.54, 1.807) is 3.59 Å². The molecule has 26 heavy (non-hydrogen) atoms. The number of hydrogen-bond donors (Lipinski definition) is 1. The number of unbranched alkanes of at least 4 members (excludes halogenated alkanes) is 3. The van der Waals surface area contributed by atoms with Gasteiger partial charge in [0.15, 0.2) is 0 Å². The molecule has 0 saturated carbocycles. The van der Waals surface area contributed by atoms with Crippen LogP contribution in [0.15, 0.2) is 33.5 Å².